The van der Waals surface area contributed by atoms with Crippen LogP contribution in [0.3, 0.4) is 0 Å². The zero-order valence-corrected chi connectivity index (χ0v) is 21.7. The highest BCUT2D eigenvalue weighted by molar-refractivity contribution is 9.11. The summed E-state index contributed by atoms with van der Waals surface area (Å²) in [6, 6.07) is 16.3. The summed E-state index contributed by atoms with van der Waals surface area (Å²) in [6.07, 6.45) is 4.23. The van der Waals surface area contributed by atoms with Gasteiger partial charge in [0.05, 0.1) is 14.2 Å². The molecule has 4 aromatic rings. The summed E-state index contributed by atoms with van der Waals surface area (Å²) in [4.78, 5) is 7.11. The van der Waals surface area contributed by atoms with E-state index in [9.17, 15) is 0 Å². The molecule has 0 saturated heterocycles. The average Bonchev–Trinajstić information content (AvgIpc) is 3.32. The predicted octanol–water partition coefficient (Wildman–Crippen LogP) is 7.98. The number of imidazole rings is 1. The summed E-state index contributed by atoms with van der Waals surface area (Å²) in [7, 11) is 0. The Hall–Kier alpha value is -2.07. The number of nitrogens with zero attached hydrogens (tertiary/aromatic N) is 2. The van der Waals surface area contributed by atoms with Crippen LogP contribution in [-0.2, 0) is 0 Å². The van der Waals surface area contributed by atoms with Crippen LogP contribution in [0.25, 0.3) is 16.2 Å². The first kappa shape index (κ1) is 22.1. The zero-order valence-electron chi connectivity index (χ0n) is 17.7. The van der Waals surface area contributed by atoms with E-state index in [0.29, 0.717) is 0 Å². The molecule has 31 heavy (non-hydrogen) atoms. The van der Waals surface area contributed by atoms with Gasteiger partial charge in [-0.3, -0.25) is 4.40 Å². The minimum Gasteiger partial charge on any atom is -0.364 e. The summed E-state index contributed by atoms with van der Waals surface area (Å²) in [5.74, 6) is 7.53. The fourth-order valence-corrected chi connectivity index (χ4v) is 5.68. The zero-order chi connectivity index (χ0) is 22.0. The van der Waals surface area contributed by atoms with Crippen LogP contribution in [0.15, 0.2) is 63.7 Å². The van der Waals surface area contributed by atoms with Gasteiger partial charge in [-0.05, 0) is 82.5 Å². The molecule has 0 aliphatic heterocycles. The molecule has 0 spiro atoms. The monoisotopic (exact) mass is 555 g/mol. The number of anilines is 1. The van der Waals surface area contributed by atoms with E-state index in [1.807, 2.05) is 36.4 Å². The molecule has 0 radical (unpaired) electrons. The first-order chi connectivity index (χ1) is 14.9. The third-order valence-corrected chi connectivity index (χ3v) is 6.94. The van der Waals surface area contributed by atoms with Crippen molar-refractivity contribution in [2.24, 2.45) is 0 Å². The summed E-state index contributed by atoms with van der Waals surface area (Å²) in [5, 5.41) is 3.76. The lowest BCUT2D eigenvalue weighted by Gasteiger charge is -2.27. The molecule has 0 amide bonds. The van der Waals surface area contributed by atoms with E-state index < -0.39 is 0 Å². The molecule has 0 saturated carbocycles. The number of halogens is 2. The lowest BCUT2D eigenvalue weighted by Crippen LogP contribution is -2.31. The van der Waals surface area contributed by atoms with Gasteiger partial charge in [0, 0.05) is 21.8 Å². The number of fused-ring (bicyclic) bond motifs is 1. The molecule has 0 atom stereocenters. The fourth-order valence-electron chi connectivity index (χ4n) is 3.56. The van der Waals surface area contributed by atoms with Crippen LogP contribution in [0.4, 0.5) is 5.82 Å². The average molecular weight is 557 g/mol. The van der Waals surface area contributed by atoms with Crippen molar-refractivity contribution >= 4 is 54.7 Å². The summed E-state index contributed by atoms with van der Waals surface area (Å²) in [6.45, 7) is 6.68. The minimum absolute atomic E-state index is 0.0541. The number of benzene rings is 1. The van der Waals surface area contributed by atoms with Crippen molar-refractivity contribution in [3.8, 4) is 22.4 Å². The van der Waals surface area contributed by atoms with E-state index >= 15 is 0 Å². The Morgan fingerprint density at radius 2 is 1.87 bits per heavy atom. The highest BCUT2D eigenvalue weighted by Crippen LogP contribution is 2.38. The van der Waals surface area contributed by atoms with Crippen molar-refractivity contribution < 1.29 is 0 Å². The second-order valence-corrected chi connectivity index (χ2v) is 10.9. The molecule has 158 valence electrons. The fraction of sp³-hybridized carbons (Fsp3) is 0.240. The molecule has 3 aromatic heterocycles. The molecule has 0 bridgehead atoms. The van der Waals surface area contributed by atoms with Gasteiger partial charge in [0.2, 0.25) is 0 Å². The van der Waals surface area contributed by atoms with Gasteiger partial charge in [-0.15, -0.1) is 11.3 Å². The van der Waals surface area contributed by atoms with Crippen molar-refractivity contribution in [2.75, 3.05) is 5.32 Å². The smallest absolute Gasteiger partial charge is 0.153 e. The van der Waals surface area contributed by atoms with E-state index in [2.05, 4.69) is 92.5 Å². The maximum absolute atomic E-state index is 4.99. The van der Waals surface area contributed by atoms with Gasteiger partial charge < -0.3 is 5.32 Å². The molecule has 0 aliphatic rings. The van der Waals surface area contributed by atoms with Crippen LogP contribution in [0, 0.1) is 11.8 Å². The summed E-state index contributed by atoms with van der Waals surface area (Å²) in [5.41, 5.74) is 2.79. The molecule has 0 unspecified atom stereocenters. The molecular formula is C25H23Br2N3S. The maximum Gasteiger partial charge on any atom is 0.153 e. The molecule has 1 N–H and O–H groups in total. The van der Waals surface area contributed by atoms with E-state index in [1.54, 1.807) is 11.3 Å². The predicted molar refractivity (Wildman–Crippen MR) is 139 cm³/mol. The Kier molecular flexibility index (Phi) is 6.57. The van der Waals surface area contributed by atoms with Crippen molar-refractivity contribution in [1.82, 2.24) is 9.38 Å². The number of hydrogen-bond acceptors (Lipinski definition) is 3. The summed E-state index contributed by atoms with van der Waals surface area (Å²) < 4.78 is 4.06. The van der Waals surface area contributed by atoms with Crippen LogP contribution >= 0.6 is 43.2 Å². The molecule has 1 aromatic carbocycles. The number of nitrogens with one attached hydrogen (secondary N) is 1. The summed E-state index contributed by atoms with van der Waals surface area (Å²) >= 11 is 8.96. The molecule has 0 fully saturated rings. The number of thiophene rings is 1. The normalized spacial score (nSPS) is 11.4. The Labute approximate surface area is 204 Å². The van der Waals surface area contributed by atoms with Gasteiger partial charge in [0.1, 0.15) is 11.5 Å². The van der Waals surface area contributed by atoms with Gasteiger partial charge in [-0.2, -0.15) is 0 Å². The number of aromatic nitrogens is 2. The lowest BCUT2D eigenvalue weighted by molar-refractivity contribution is 0.509. The van der Waals surface area contributed by atoms with E-state index in [1.165, 1.54) is 0 Å². The third kappa shape index (κ3) is 5.06. The van der Waals surface area contributed by atoms with Crippen molar-refractivity contribution in [1.29, 1.82) is 0 Å². The Morgan fingerprint density at radius 3 is 2.61 bits per heavy atom. The lowest BCUT2D eigenvalue weighted by atomic mass is 9.99. The van der Waals surface area contributed by atoms with Crippen molar-refractivity contribution in [3.05, 3.63) is 74.1 Å². The van der Waals surface area contributed by atoms with Gasteiger partial charge in [0.25, 0.3) is 0 Å². The van der Waals surface area contributed by atoms with E-state index in [4.69, 9.17) is 4.98 Å². The van der Waals surface area contributed by atoms with Crippen LogP contribution < -0.4 is 5.32 Å². The Balaban J connectivity index is 1.79. The quantitative estimate of drug-likeness (QED) is 0.252. The highest BCUT2D eigenvalue weighted by atomic mass is 79.9. The van der Waals surface area contributed by atoms with Crippen LogP contribution in [-0.4, -0.2) is 14.9 Å². The minimum atomic E-state index is -0.0541. The van der Waals surface area contributed by atoms with Gasteiger partial charge in [-0.25, -0.2) is 4.98 Å². The van der Waals surface area contributed by atoms with E-state index in [-0.39, 0.29) is 5.54 Å². The Bertz CT molecular complexity index is 1280. The second-order valence-electron chi connectivity index (χ2n) is 8.05. The van der Waals surface area contributed by atoms with Crippen LogP contribution in [0.1, 0.15) is 44.1 Å². The standard InChI is InChI=1S/C25H23Br2N3S/c1-4-14-25(2,3)29-24-22(28-23-20(27)15-18(26)16-30(23)24)21-13-12-19(31-21)11-10-17-8-6-5-7-9-17/h5-9,12-13,15-16,29H,4,14H2,1-3H3. The van der Waals surface area contributed by atoms with Gasteiger partial charge >= 0.3 is 0 Å². The van der Waals surface area contributed by atoms with Gasteiger partial charge in [-0.1, -0.05) is 43.4 Å². The highest BCUT2D eigenvalue weighted by Gasteiger charge is 2.24. The number of pyridine rings is 1. The maximum atomic E-state index is 4.99. The van der Waals surface area contributed by atoms with Crippen molar-refractivity contribution in [3.63, 3.8) is 0 Å². The third-order valence-electron chi connectivity index (χ3n) is 4.92. The first-order valence-corrected chi connectivity index (χ1v) is 12.6. The molecule has 4 rings (SSSR count). The largest absolute Gasteiger partial charge is 0.364 e. The molecule has 6 heteroatoms. The van der Waals surface area contributed by atoms with Crippen molar-refractivity contribution in [2.45, 2.75) is 39.2 Å². The molecule has 3 heterocycles. The molecule has 0 aliphatic carbocycles. The van der Waals surface area contributed by atoms with E-state index in [0.717, 1.165) is 54.3 Å². The second kappa shape index (κ2) is 9.20. The Morgan fingerprint density at radius 1 is 1.10 bits per heavy atom. The molecule has 3 nitrogen and oxygen atoms in total. The number of rotatable bonds is 5. The van der Waals surface area contributed by atoms with Crippen LogP contribution in [0.5, 0.6) is 0 Å². The van der Waals surface area contributed by atoms with Gasteiger partial charge in [0.15, 0.2) is 5.65 Å². The SMILES string of the molecule is CCCC(C)(C)Nc1c(-c2ccc(C#Cc3ccccc3)s2)nc2c(Br)cc(Br)cn12. The van der Waals surface area contributed by atoms with Crippen LogP contribution in [0.2, 0.25) is 0 Å². The first-order valence-electron chi connectivity index (χ1n) is 10.2. The molecular weight excluding hydrogens is 534 g/mol. The number of hydrogen-bond donors (Lipinski definition) is 1. The topological polar surface area (TPSA) is 29.3 Å².